The van der Waals surface area contributed by atoms with Crippen LogP contribution in [0.2, 0.25) is 0 Å². The van der Waals surface area contributed by atoms with Crippen LogP contribution in [0.25, 0.3) is 11.1 Å². The molecule has 0 atom stereocenters. The number of hydrogen-bond acceptors (Lipinski definition) is 2. The highest BCUT2D eigenvalue weighted by atomic mass is 16.3. The Morgan fingerprint density at radius 2 is 1.78 bits per heavy atom. The first-order valence-electron chi connectivity index (χ1n) is 5.85. The van der Waals surface area contributed by atoms with E-state index in [0.717, 1.165) is 27.8 Å². The van der Waals surface area contributed by atoms with E-state index < -0.39 is 0 Å². The molecule has 2 aromatic carbocycles. The van der Waals surface area contributed by atoms with Gasteiger partial charge in [0.05, 0.1) is 5.56 Å². The van der Waals surface area contributed by atoms with Gasteiger partial charge in [-0.15, -0.1) is 0 Å². The Labute approximate surface area is 107 Å². The van der Waals surface area contributed by atoms with Crippen LogP contribution in [-0.2, 0) is 0 Å². The van der Waals surface area contributed by atoms with Gasteiger partial charge in [0.15, 0.2) is 0 Å². The summed E-state index contributed by atoms with van der Waals surface area (Å²) in [6.45, 7) is 5.80. The Kier molecular flexibility index (Phi) is 3.08. The third kappa shape index (κ3) is 1.96. The summed E-state index contributed by atoms with van der Waals surface area (Å²) in [5, 5.41) is 19.4. The van der Waals surface area contributed by atoms with Gasteiger partial charge >= 0.3 is 0 Å². The normalized spacial score (nSPS) is 10.1. The van der Waals surface area contributed by atoms with Crippen molar-refractivity contribution in [3.8, 4) is 22.9 Å². The van der Waals surface area contributed by atoms with Crippen LogP contribution in [0.1, 0.15) is 22.3 Å². The van der Waals surface area contributed by atoms with E-state index in [1.54, 1.807) is 6.07 Å². The van der Waals surface area contributed by atoms with E-state index in [9.17, 15) is 10.4 Å². The number of phenols is 1. The summed E-state index contributed by atoms with van der Waals surface area (Å²) in [6, 6.07) is 11.7. The molecular weight excluding hydrogens is 222 g/mol. The van der Waals surface area contributed by atoms with Gasteiger partial charge in [-0.25, -0.2) is 0 Å². The molecule has 0 aliphatic rings. The predicted molar refractivity (Wildman–Crippen MR) is 72.5 cm³/mol. The van der Waals surface area contributed by atoms with Crippen molar-refractivity contribution in [2.75, 3.05) is 0 Å². The highest BCUT2D eigenvalue weighted by Crippen LogP contribution is 2.36. The minimum atomic E-state index is 0.231. The molecule has 90 valence electrons. The third-order valence-corrected chi connectivity index (χ3v) is 3.11. The van der Waals surface area contributed by atoms with Crippen molar-refractivity contribution in [2.45, 2.75) is 20.8 Å². The van der Waals surface area contributed by atoms with E-state index in [4.69, 9.17) is 0 Å². The highest BCUT2D eigenvalue weighted by Gasteiger charge is 2.13. The zero-order chi connectivity index (χ0) is 13.3. The van der Waals surface area contributed by atoms with Crippen molar-refractivity contribution >= 4 is 0 Å². The first-order valence-corrected chi connectivity index (χ1v) is 5.85. The minimum Gasteiger partial charge on any atom is -0.507 e. The topological polar surface area (TPSA) is 44.0 Å². The number of aromatic hydroxyl groups is 1. The monoisotopic (exact) mass is 237 g/mol. The molecule has 1 N–H and O–H groups in total. The molecule has 0 heterocycles. The maximum absolute atomic E-state index is 10.1. The lowest BCUT2D eigenvalue weighted by Gasteiger charge is -2.12. The van der Waals surface area contributed by atoms with E-state index >= 15 is 0 Å². The second-order valence-electron chi connectivity index (χ2n) is 4.59. The molecular formula is C16H15NO. The van der Waals surface area contributed by atoms with Gasteiger partial charge in [0.2, 0.25) is 0 Å². The van der Waals surface area contributed by atoms with Gasteiger partial charge in [0, 0.05) is 11.1 Å². The Hall–Kier alpha value is -2.27. The van der Waals surface area contributed by atoms with Crippen LogP contribution in [0.4, 0.5) is 0 Å². The van der Waals surface area contributed by atoms with Crippen LogP contribution < -0.4 is 0 Å². The molecule has 0 bridgehead atoms. The minimum absolute atomic E-state index is 0.231. The van der Waals surface area contributed by atoms with Crippen LogP contribution in [-0.4, -0.2) is 5.11 Å². The number of aryl methyl sites for hydroxylation is 3. The molecule has 0 saturated heterocycles. The number of hydrogen-bond donors (Lipinski definition) is 1. The number of nitriles is 1. The van der Waals surface area contributed by atoms with Crippen LogP contribution in [0.3, 0.4) is 0 Å². The smallest absolute Gasteiger partial charge is 0.123 e. The predicted octanol–water partition coefficient (Wildman–Crippen LogP) is 3.86. The zero-order valence-electron chi connectivity index (χ0n) is 10.8. The maximum atomic E-state index is 10.1. The molecule has 0 aromatic heterocycles. The lowest BCUT2D eigenvalue weighted by atomic mass is 9.92. The Morgan fingerprint density at radius 1 is 1.06 bits per heavy atom. The van der Waals surface area contributed by atoms with Crippen molar-refractivity contribution in [1.29, 1.82) is 5.26 Å². The molecule has 18 heavy (non-hydrogen) atoms. The van der Waals surface area contributed by atoms with Gasteiger partial charge in [0.25, 0.3) is 0 Å². The summed E-state index contributed by atoms with van der Waals surface area (Å²) in [5.74, 6) is 0.231. The van der Waals surface area contributed by atoms with Crippen LogP contribution >= 0.6 is 0 Å². The third-order valence-electron chi connectivity index (χ3n) is 3.11. The van der Waals surface area contributed by atoms with E-state index in [-0.39, 0.29) is 5.75 Å². The summed E-state index contributed by atoms with van der Waals surface area (Å²) < 4.78 is 0. The van der Waals surface area contributed by atoms with Gasteiger partial charge < -0.3 is 5.11 Å². The van der Waals surface area contributed by atoms with Crippen LogP contribution in [0, 0.1) is 32.1 Å². The molecule has 0 aliphatic carbocycles. The number of nitrogens with zero attached hydrogens (tertiary/aromatic N) is 1. The summed E-state index contributed by atoms with van der Waals surface area (Å²) >= 11 is 0. The first kappa shape index (κ1) is 12.2. The summed E-state index contributed by atoms with van der Waals surface area (Å²) in [5.41, 5.74) is 5.09. The fraction of sp³-hybridized carbons (Fsp3) is 0.188. The average molecular weight is 237 g/mol. The fourth-order valence-corrected chi connectivity index (χ4v) is 2.32. The van der Waals surface area contributed by atoms with Crippen LogP contribution in [0.5, 0.6) is 5.75 Å². The van der Waals surface area contributed by atoms with Crippen molar-refractivity contribution < 1.29 is 5.11 Å². The summed E-state index contributed by atoms with van der Waals surface area (Å²) in [6.07, 6.45) is 0. The Bertz CT molecular complexity index is 628. The molecule has 0 spiro atoms. The summed E-state index contributed by atoms with van der Waals surface area (Å²) in [4.78, 5) is 0. The molecule has 2 rings (SSSR count). The van der Waals surface area contributed by atoms with E-state index in [2.05, 4.69) is 6.07 Å². The first-order chi connectivity index (χ1) is 8.54. The van der Waals surface area contributed by atoms with Crippen molar-refractivity contribution in [3.63, 3.8) is 0 Å². The molecule has 0 aliphatic heterocycles. The molecule has 0 radical (unpaired) electrons. The van der Waals surface area contributed by atoms with E-state index in [0.29, 0.717) is 5.56 Å². The van der Waals surface area contributed by atoms with E-state index in [1.807, 2.05) is 45.0 Å². The largest absolute Gasteiger partial charge is 0.507 e. The molecule has 0 fully saturated rings. The second kappa shape index (κ2) is 4.54. The van der Waals surface area contributed by atoms with Gasteiger partial charge in [-0.1, -0.05) is 24.3 Å². The Morgan fingerprint density at radius 3 is 2.39 bits per heavy atom. The van der Waals surface area contributed by atoms with Crippen molar-refractivity contribution in [3.05, 3.63) is 52.6 Å². The standard InChI is InChI=1S/C16H15NO/c1-10-7-12(3)16(15(18)8-10)13-6-4-5-11(2)14(13)9-17/h4-8,18H,1-3H3. The van der Waals surface area contributed by atoms with Crippen molar-refractivity contribution in [1.82, 2.24) is 0 Å². The van der Waals surface area contributed by atoms with Gasteiger partial charge in [-0.05, 0) is 43.5 Å². The molecule has 2 nitrogen and oxygen atoms in total. The SMILES string of the molecule is Cc1cc(C)c(-c2cccc(C)c2C#N)c(O)c1. The molecule has 2 aromatic rings. The quantitative estimate of drug-likeness (QED) is 0.818. The maximum Gasteiger partial charge on any atom is 0.123 e. The number of benzene rings is 2. The molecule has 0 unspecified atom stereocenters. The molecule has 2 heteroatoms. The lowest BCUT2D eigenvalue weighted by Crippen LogP contribution is -1.92. The fourth-order valence-electron chi connectivity index (χ4n) is 2.32. The second-order valence-corrected chi connectivity index (χ2v) is 4.59. The van der Waals surface area contributed by atoms with Gasteiger partial charge in [0.1, 0.15) is 11.8 Å². The van der Waals surface area contributed by atoms with Gasteiger partial charge in [-0.2, -0.15) is 5.26 Å². The Balaban J connectivity index is 2.79. The molecule has 0 amide bonds. The number of phenolic OH excluding ortho intramolecular Hbond substituents is 1. The highest BCUT2D eigenvalue weighted by molar-refractivity contribution is 5.79. The lowest BCUT2D eigenvalue weighted by molar-refractivity contribution is 0.476. The average Bonchev–Trinajstić information content (AvgIpc) is 2.27. The van der Waals surface area contributed by atoms with Crippen LogP contribution in [0.15, 0.2) is 30.3 Å². The van der Waals surface area contributed by atoms with Crippen molar-refractivity contribution in [2.24, 2.45) is 0 Å². The van der Waals surface area contributed by atoms with Gasteiger partial charge in [-0.3, -0.25) is 0 Å². The summed E-state index contributed by atoms with van der Waals surface area (Å²) in [7, 11) is 0. The zero-order valence-corrected chi connectivity index (χ0v) is 10.8. The molecule has 0 saturated carbocycles. The van der Waals surface area contributed by atoms with E-state index in [1.165, 1.54) is 0 Å². The number of rotatable bonds is 1.